The number of fused-ring (bicyclic) bond motifs is 3. The zero-order chi connectivity index (χ0) is 12.8. The molecule has 1 aliphatic carbocycles. The van der Waals surface area contributed by atoms with Gasteiger partial charge in [-0.25, -0.2) is 4.98 Å². The SMILES string of the molecule is O=Cc1c(N2CC3CCCC(C3)C2)nc2sccn12. The van der Waals surface area contributed by atoms with Gasteiger partial charge in [0.2, 0.25) is 0 Å². The molecule has 5 heteroatoms. The largest absolute Gasteiger partial charge is 0.354 e. The lowest BCUT2D eigenvalue weighted by Crippen LogP contribution is -2.43. The summed E-state index contributed by atoms with van der Waals surface area (Å²) in [5, 5.41) is 1.98. The maximum atomic E-state index is 11.4. The van der Waals surface area contributed by atoms with E-state index < -0.39 is 0 Å². The van der Waals surface area contributed by atoms with Crippen molar-refractivity contribution in [2.24, 2.45) is 11.8 Å². The molecule has 2 aromatic rings. The Labute approximate surface area is 116 Å². The van der Waals surface area contributed by atoms with Gasteiger partial charge >= 0.3 is 0 Å². The predicted molar refractivity (Wildman–Crippen MR) is 76.1 cm³/mol. The Morgan fingerprint density at radius 1 is 1.32 bits per heavy atom. The summed E-state index contributed by atoms with van der Waals surface area (Å²) in [6.45, 7) is 2.14. The third-order valence-electron chi connectivity index (χ3n) is 4.54. The topological polar surface area (TPSA) is 37.6 Å². The van der Waals surface area contributed by atoms with E-state index in [9.17, 15) is 4.79 Å². The molecule has 2 unspecified atom stereocenters. The van der Waals surface area contributed by atoms with E-state index in [-0.39, 0.29) is 0 Å². The highest BCUT2D eigenvalue weighted by Gasteiger charge is 2.32. The Balaban J connectivity index is 1.73. The van der Waals surface area contributed by atoms with Gasteiger partial charge in [-0.1, -0.05) is 6.42 Å². The monoisotopic (exact) mass is 275 g/mol. The molecule has 2 fully saturated rings. The summed E-state index contributed by atoms with van der Waals surface area (Å²) < 4.78 is 1.91. The standard InChI is InChI=1S/C14H17N3OS/c18-9-12-13(15-14-17(12)4-5-19-14)16-7-10-2-1-3-11(6-10)8-16/h4-5,9-11H,1-3,6-8H2. The number of aromatic nitrogens is 2. The van der Waals surface area contributed by atoms with Gasteiger partial charge in [-0.3, -0.25) is 9.20 Å². The number of nitrogens with zero attached hydrogens (tertiary/aromatic N) is 3. The number of aldehydes is 1. The van der Waals surface area contributed by atoms with Crippen molar-refractivity contribution in [1.82, 2.24) is 9.38 Å². The van der Waals surface area contributed by atoms with Crippen LogP contribution in [-0.4, -0.2) is 28.8 Å². The van der Waals surface area contributed by atoms with Crippen molar-refractivity contribution in [2.75, 3.05) is 18.0 Å². The second-order valence-electron chi connectivity index (χ2n) is 5.80. The van der Waals surface area contributed by atoms with Crippen LogP contribution in [0.2, 0.25) is 0 Å². The third-order valence-corrected chi connectivity index (χ3v) is 5.30. The number of carbonyl (C=O) groups is 1. The average Bonchev–Trinajstić information content (AvgIpc) is 2.97. The van der Waals surface area contributed by atoms with Crippen molar-refractivity contribution in [3.05, 3.63) is 17.3 Å². The van der Waals surface area contributed by atoms with Gasteiger partial charge in [0.15, 0.2) is 17.1 Å². The predicted octanol–water partition coefficient (Wildman–Crippen LogP) is 2.83. The summed E-state index contributed by atoms with van der Waals surface area (Å²) in [5.74, 6) is 2.50. The number of piperidine rings is 1. The molecule has 4 nitrogen and oxygen atoms in total. The Kier molecular flexibility index (Phi) is 2.62. The minimum Gasteiger partial charge on any atom is -0.354 e. The molecule has 2 aliphatic rings. The molecule has 19 heavy (non-hydrogen) atoms. The maximum Gasteiger partial charge on any atom is 0.196 e. The van der Waals surface area contributed by atoms with Crippen molar-refractivity contribution >= 4 is 28.4 Å². The van der Waals surface area contributed by atoms with Crippen LogP contribution in [0.5, 0.6) is 0 Å². The van der Waals surface area contributed by atoms with Gasteiger partial charge in [0.05, 0.1) is 0 Å². The molecular weight excluding hydrogens is 258 g/mol. The van der Waals surface area contributed by atoms with Crippen LogP contribution in [0.4, 0.5) is 5.82 Å². The van der Waals surface area contributed by atoms with Crippen molar-refractivity contribution in [1.29, 1.82) is 0 Å². The molecule has 0 amide bonds. The van der Waals surface area contributed by atoms with Crippen molar-refractivity contribution < 1.29 is 4.79 Å². The molecule has 100 valence electrons. The lowest BCUT2D eigenvalue weighted by atomic mass is 9.78. The van der Waals surface area contributed by atoms with E-state index in [0.29, 0.717) is 0 Å². The number of hydrogen-bond donors (Lipinski definition) is 0. The lowest BCUT2D eigenvalue weighted by Gasteiger charge is -2.41. The molecule has 4 rings (SSSR count). The molecule has 1 saturated heterocycles. The van der Waals surface area contributed by atoms with Crippen LogP contribution in [0.3, 0.4) is 0 Å². The smallest absolute Gasteiger partial charge is 0.196 e. The quantitative estimate of drug-likeness (QED) is 0.791. The van der Waals surface area contributed by atoms with Gasteiger partial charge in [-0.15, -0.1) is 11.3 Å². The second-order valence-corrected chi connectivity index (χ2v) is 6.67. The molecular formula is C14H17N3OS. The highest BCUT2D eigenvalue weighted by atomic mass is 32.1. The highest BCUT2D eigenvalue weighted by molar-refractivity contribution is 7.15. The molecule has 1 aliphatic heterocycles. The molecule has 1 saturated carbocycles. The van der Waals surface area contributed by atoms with Gasteiger partial charge in [0.1, 0.15) is 5.69 Å². The fourth-order valence-corrected chi connectivity index (χ4v) is 4.46. The molecule has 2 aromatic heterocycles. The van der Waals surface area contributed by atoms with E-state index in [1.165, 1.54) is 25.7 Å². The normalized spacial score (nSPS) is 26.8. The van der Waals surface area contributed by atoms with Crippen LogP contribution >= 0.6 is 11.3 Å². The van der Waals surface area contributed by atoms with Crippen molar-refractivity contribution in [3.63, 3.8) is 0 Å². The lowest BCUT2D eigenvalue weighted by molar-refractivity contribution is 0.111. The summed E-state index contributed by atoms with van der Waals surface area (Å²) in [7, 11) is 0. The van der Waals surface area contributed by atoms with Crippen molar-refractivity contribution in [3.8, 4) is 0 Å². The zero-order valence-electron chi connectivity index (χ0n) is 10.8. The van der Waals surface area contributed by atoms with E-state index in [1.54, 1.807) is 11.3 Å². The number of thiazole rings is 1. The Hall–Kier alpha value is -1.36. The maximum absolute atomic E-state index is 11.4. The molecule has 2 bridgehead atoms. The molecule has 0 radical (unpaired) electrons. The van der Waals surface area contributed by atoms with Crippen LogP contribution in [-0.2, 0) is 0 Å². The zero-order valence-corrected chi connectivity index (χ0v) is 11.6. The van der Waals surface area contributed by atoms with Gasteiger partial charge in [0, 0.05) is 24.7 Å². The Morgan fingerprint density at radius 3 is 2.84 bits per heavy atom. The first-order chi connectivity index (χ1) is 9.35. The van der Waals surface area contributed by atoms with E-state index in [2.05, 4.69) is 9.88 Å². The van der Waals surface area contributed by atoms with Crippen LogP contribution in [0.15, 0.2) is 11.6 Å². The second kappa shape index (κ2) is 4.34. The summed E-state index contributed by atoms with van der Waals surface area (Å²) in [4.78, 5) is 19.3. The minimum atomic E-state index is 0.719. The fraction of sp³-hybridized carbons (Fsp3) is 0.571. The summed E-state index contributed by atoms with van der Waals surface area (Å²) in [6, 6.07) is 0. The molecule has 0 aromatic carbocycles. The number of anilines is 1. The minimum absolute atomic E-state index is 0.719. The van der Waals surface area contributed by atoms with Gasteiger partial charge < -0.3 is 4.90 Å². The number of hydrogen-bond acceptors (Lipinski definition) is 4. The van der Waals surface area contributed by atoms with Gasteiger partial charge in [0.25, 0.3) is 0 Å². The third kappa shape index (κ3) is 1.79. The highest BCUT2D eigenvalue weighted by Crippen LogP contribution is 2.37. The number of carbonyl (C=O) groups excluding carboxylic acids is 1. The van der Waals surface area contributed by atoms with Crippen LogP contribution in [0.1, 0.15) is 36.2 Å². The van der Waals surface area contributed by atoms with E-state index in [4.69, 9.17) is 0 Å². The van der Waals surface area contributed by atoms with Gasteiger partial charge in [-0.05, 0) is 31.1 Å². The molecule has 0 spiro atoms. The summed E-state index contributed by atoms with van der Waals surface area (Å²) in [5.41, 5.74) is 0.719. The Bertz CT molecular complexity index is 605. The first-order valence-electron chi connectivity index (χ1n) is 7.01. The van der Waals surface area contributed by atoms with Crippen LogP contribution in [0, 0.1) is 11.8 Å². The van der Waals surface area contributed by atoms with E-state index >= 15 is 0 Å². The summed E-state index contributed by atoms with van der Waals surface area (Å²) in [6.07, 6.45) is 8.31. The summed E-state index contributed by atoms with van der Waals surface area (Å²) >= 11 is 1.59. The number of rotatable bonds is 2. The first-order valence-corrected chi connectivity index (χ1v) is 7.89. The number of imidazole rings is 1. The van der Waals surface area contributed by atoms with Crippen LogP contribution < -0.4 is 4.90 Å². The molecule has 2 atom stereocenters. The van der Waals surface area contributed by atoms with Crippen LogP contribution in [0.25, 0.3) is 4.96 Å². The fourth-order valence-electron chi connectivity index (χ4n) is 3.74. The first kappa shape index (κ1) is 11.5. The average molecular weight is 275 g/mol. The van der Waals surface area contributed by atoms with E-state index in [1.807, 2.05) is 16.0 Å². The molecule has 0 N–H and O–H groups in total. The molecule has 3 heterocycles. The van der Waals surface area contributed by atoms with Crippen molar-refractivity contribution in [2.45, 2.75) is 25.7 Å². The van der Waals surface area contributed by atoms with Gasteiger partial charge in [-0.2, -0.15) is 0 Å². The Morgan fingerprint density at radius 2 is 2.11 bits per heavy atom. The van der Waals surface area contributed by atoms with E-state index in [0.717, 1.165) is 47.7 Å².